The fraction of sp³-hybridized carbons (Fsp3) is 0.267. The van der Waals surface area contributed by atoms with Gasteiger partial charge in [0, 0.05) is 11.6 Å². The van der Waals surface area contributed by atoms with E-state index < -0.39 is 0 Å². The summed E-state index contributed by atoms with van der Waals surface area (Å²) in [5.74, 6) is 0.0128. The number of phenols is 2. The molecule has 0 aliphatic heterocycles. The molecule has 0 fully saturated rings. The number of anilines is 1. The van der Waals surface area contributed by atoms with E-state index in [4.69, 9.17) is 0 Å². The van der Waals surface area contributed by atoms with E-state index in [0.29, 0.717) is 17.1 Å². The van der Waals surface area contributed by atoms with Crippen LogP contribution in [0.1, 0.15) is 18.9 Å². The number of aromatic hydroxyl groups is 2. The van der Waals surface area contributed by atoms with Crippen LogP contribution < -0.4 is 5.32 Å². The van der Waals surface area contributed by atoms with Gasteiger partial charge in [0.1, 0.15) is 11.5 Å². The molecule has 3 N–H and O–H groups in total. The molecule has 0 saturated carbocycles. The van der Waals surface area contributed by atoms with Crippen LogP contribution in [-0.4, -0.2) is 16.1 Å². The molecular formula is C15H17NO3. The normalized spacial score (nSPS) is 18.0. The topological polar surface area (TPSA) is 69.6 Å². The monoisotopic (exact) mass is 259 g/mol. The molecule has 0 radical (unpaired) electrons. The molecule has 0 bridgehead atoms. The van der Waals surface area contributed by atoms with Crippen molar-refractivity contribution in [1.82, 2.24) is 0 Å². The summed E-state index contributed by atoms with van der Waals surface area (Å²) in [5, 5.41) is 22.0. The molecule has 1 unspecified atom stereocenters. The van der Waals surface area contributed by atoms with Crippen molar-refractivity contribution >= 4 is 11.6 Å². The van der Waals surface area contributed by atoms with Crippen molar-refractivity contribution in [2.45, 2.75) is 20.3 Å². The number of hydrogen-bond acceptors (Lipinski definition) is 3. The second-order valence-electron chi connectivity index (χ2n) is 4.85. The lowest BCUT2D eigenvalue weighted by Crippen LogP contribution is -2.15. The van der Waals surface area contributed by atoms with Gasteiger partial charge in [-0.05, 0) is 30.9 Å². The molecule has 100 valence electrons. The van der Waals surface area contributed by atoms with Crippen LogP contribution in [0.3, 0.4) is 0 Å². The predicted octanol–water partition coefficient (Wildman–Crippen LogP) is 2.87. The highest BCUT2D eigenvalue weighted by atomic mass is 16.3. The van der Waals surface area contributed by atoms with Gasteiger partial charge < -0.3 is 15.5 Å². The zero-order valence-corrected chi connectivity index (χ0v) is 11.0. The number of allylic oxidation sites excluding steroid dienone is 2. The fourth-order valence-corrected chi connectivity index (χ4v) is 1.97. The van der Waals surface area contributed by atoms with Crippen LogP contribution in [0.2, 0.25) is 0 Å². The first-order chi connectivity index (χ1) is 8.97. The average Bonchev–Trinajstić information content (AvgIpc) is 2.36. The molecule has 1 aliphatic rings. The van der Waals surface area contributed by atoms with Gasteiger partial charge in [-0.3, -0.25) is 4.79 Å². The zero-order valence-electron chi connectivity index (χ0n) is 11.0. The Kier molecular flexibility index (Phi) is 3.60. The van der Waals surface area contributed by atoms with Crippen LogP contribution in [0.25, 0.3) is 0 Å². The van der Waals surface area contributed by atoms with Gasteiger partial charge in [-0.2, -0.15) is 0 Å². The number of nitrogens with one attached hydrogen (secondary N) is 1. The number of hydrogen-bond donors (Lipinski definition) is 3. The molecule has 1 atom stereocenters. The third-order valence-corrected chi connectivity index (χ3v) is 3.09. The van der Waals surface area contributed by atoms with Gasteiger partial charge in [-0.25, -0.2) is 0 Å². The Morgan fingerprint density at radius 2 is 2.05 bits per heavy atom. The lowest BCUT2D eigenvalue weighted by molar-refractivity contribution is -0.112. The van der Waals surface area contributed by atoms with E-state index in [9.17, 15) is 15.0 Å². The van der Waals surface area contributed by atoms with Crippen molar-refractivity contribution in [3.05, 3.63) is 41.5 Å². The fourth-order valence-electron chi connectivity index (χ4n) is 1.97. The highest BCUT2D eigenvalue weighted by molar-refractivity contribution is 6.06. The minimum Gasteiger partial charge on any atom is -0.508 e. The molecule has 1 aromatic carbocycles. The van der Waals surface area contributed by atoms with Gasteiger partial charge >= 0.3 is 0 Å². The van der Waals surface area contributed by atoms with Crippen LogP contribution in [0.5, 0.6) is 11.5 Å². The molecule has 0 saturated heterocycles. The standard InChI is InChI=1S/C15H17NO3/c1-9-4-3-5-11(6-9)15(19)16-12-8-13(17)10(2)7-14(12)18/h3,5-9,17-18H,4H2,1-2H3,(H,16,19). The van der Waals surface area contributed by atoms with Gasteiger partial charge in [0.25, 0.3) is 5.91 Å². The smallest absolute Gasteiger partial charge is 0.255 e. The van der Waals surface area contributed by atoms with Crippen molar-refractivity contribution in [2.75, 3.05) is 5.32 Å². The van der Waals surface area contributed by atoms with E-state index in [2.05, 4.69) is 5.32 Å². The summed E-state index contributed by atoms with van der Waals surface area (Å²) in [7, 11) is 0. The van der Waals surface area contributed by atoms with E-state index in [0.717, 1.165) is 6.42 Å². The Bertz CT molecular complexity index is 573. The van der Waals surface area contributed by atoms with E-state index in [-0.39, 0.29) is 23.1 Å². The summed E-state index contributed by atoms with van der Waals surface area (Å²) in [6.07, 6.45) is 6.53. The summed E-state index contributed by atoms with van der Waals surface area (Å²) in [4.78, 5) is 12.0. The van der Waals surface area contributed by atoms with Gasteiger partial charge in [0.2, 0.25) is 0 Å². The van der Waals surface area contributed by atoms with Crippen molar-refractivity contribution in [3.63, 3.8) is 0 Å². The molecule has 1 amide bonds. The summed E-state index contributed by atoms with van der Waals surface area (Å²) in [6.45, 7) is 3.71. The number of benzene rings is 1. The minimum atomic E-state index is -0.290. The van der Waals surface area contributed by atoms with Gasteiger partial charge in [-0.1, -0.05) is 25.2 Å². The predicted molar refractivity (Wildman–Crippen MR) is 74.1 cm³/mol. The number of carbonyl (C=O) groups excluding carboxylic acids is 1. The van der Waals surface area contributed by atoms with Crippen LogP contribution in [0.15, 0.2) is 35.9 Å². The van der Waals surface area contributed by atoms with Crippen molar-refractivity contribution < 1.29 is 15.0 Å². The zero-order chi connectivity index (χ0) is 14.0. The van der Waals surface area contributed by atoms with E-state index >= 15 is 0 Å². The van der Waals surface area contributed by atoms with Crippen LogP contribution in [0, 0.1) is 12.8 Å². The summed E-state index contributed by atoms with van der Waals surface area (Å²) >= 11 is 0. The summed E-state index contributed by atoms with van der Waals surface area (Å²) < 4.78 is 0. The molecule has 1 aromatic rings. The molecule has 4 nitrogen and oxygen atoms in total. The molecule has 0 aromatic heterocycles. The second kappa shape index (κ2) is 5.18. The maximum absolute atomic E-state index is 12.0. The number of aryl methyl sites for hydroxylation is 1. The molecule has 0 spiro atoms. The number of rotatable bonds is 2. The van der Waals surface area contributed by atoms with E-state index in [1.54, 1.807) is 13.0 Å². The maximum Gasteiger partial charge on any atom is 0.255 e. The minimum absolute atomic E-state index is 0.0367. The molecule has 4 heteroatoms. The van der Waals surface area contributed by atoms with Gasteiger partial charge in [0.05, 0.1) is 5.69 Å². The first-order valence-corrected chi connectivity index (χ1v) is 6.19. The highest BCUT2D eigenvalue weighted by Gasteiger charge is 2.14. The van der Waals surface area contributed by atoms with Gasteiger partial charge in [-0.15, -0.1) is 0 Å². The first-order valence-electron chi connectivity index (χ1n) is 6.19. The number of carbonyl (C=O) groups is 1. The third kappa shape index (κ3) is 2.96. The Balaban J connectivity index is 2.20. The number of amides is 1. The van der Waals surface area contributed by atoms with Crippen molar-refractivity contribution in [2.24, 2.45) is 5.92 Å². The van der Waals surface area contributed by atoms with Crippen LogP contribution in [0.4, 0.5) is 5.69 Å². The molecule has 1 aliphatic carbocycles. The van der Waals surface area contributed by atoms with Crippen molar-refractivity contribution in [1.29, 1.82) is 0 Å². The Hall–Kier alpha value is -2.23. The molecule has 19 heavy (non-hydrogen) atoms. The average molecular weight is 259 g/mol. The SMILES string of the molecule is Cc1cc(O)c(NC(=O)C2=CC(C)CC=C2)cc1O. The molecule has 0 heterocycles. The highest BCUT2D eigenvalue weighted by Crippen LogP contribution is 2.31. The Labute approximate surface area is 112 Å². The Morgan fingerprint density at radius 3 is 2.74 bits per heavy atom. The van der Waals surface area contributed by atoms with E-state index in [1.807, 2.05) is 19.1 Å². The molecular weight excluding hydrogens is 242 g/mol. The second-order valence-corrected chi connectivity index (χ2v) is 4.85. The lowest BCUT2D eigenvalue weighted by atomic mass is 9.97. The number of phenolic OH excluding ortho intramolecular Hbond substituents is 2. The third-order valence-electron chi connectivity index (χ3n) is 3.09. The summed E-state index contributed by atoms with van der Waals surface area (Å²) in [5.41, 5.74) is 1.33. The largest absolute Gasteiger partial charge is 0.508 e. The molecule has 2 rings (SSSR count). The Morgan fingerprint density at radius 1 is 1.32 bits per heavy atom. The van der Waals surface area contributed by atoms with Crippen molar-refractivity contribution in [3.8, 4) is 11.5 Å². The lowest BCUT2D eigenvalue weighted by Gasteiger charge is -2.13. The quantitative estimate of drug-likeness (QED) is 0.565. The van der Waals surface area contributed by atoms with Crippen LogP contribution >= 0.6 is 0 Å². The summed E-state index contributed by atoms with van der Waals surface area (Å²) in [6, 6.07) is 2.76. The maximum atomic E-state index is 12.0. The van der Waals surface area contributed by atoms with Crippen LogP contribution in [-0.2, 0) is 4.79 Å². The van der Waals surface area contributed by atoms with E-state index in [1.165, 1.54) is 12.1 Å². The van der Waals surface area contributed by atoms with Gasteiger partial charge in [0.15, 0.2) is 0 Å². The first kappa shape index (κ1) is 13.2.